The highest BCUT2D eigenvalue weighted by Crippen LogP contribution is 2.34. The normalized spacial score (nSPS) is 11.8. The number of rotatable bonds is 7. The lowest BCUT2D eigenvalue weighted by Gasteiger charge is -2.27. The van der Waals surface area contributed by atoms with E-state index < -0.39 is 23.1 Å². The molecule has 1 heterocycles. The minimum Gasteiger partial charge on any atom is -0.480 e. The van der Waals surface area contributed by atoms with E-state index in [0.717, 1.165) is 6.33 Å². The highest BCUT2D eigenvalue weighted by molar-refractivity contribution is 5.76. The average molecular weight is 284 g/mol. The van der Waals surface area contributed by atoms with E-state index in [1.54, 1.807) is 6.92 Å². The number of carboxylic acids is 1. The molecule has 0 bridgehead atoms. The smallest absolute Gasteiger partial charge is 0.372 e. The Morgan fingerprint density at radius 3 is 2.70 bits per heavy atom. The van der Waals surface area contributed by atoms with Gasteiger partial charge in [-0.2, -0.15) is 4.98 Å². The molecule has 0 saturated heterocycles. The molecular weight excluding hydrogens is 268 g/mol. The van der Waals surface area contributed by atoms with Crippen molar-refractivity contribution in [1.29, 1.82) is 0 Å². The van der Waals surface area contributed by atoms with E-state index in [-0.39, 0.29) is 17.7 Å². The van der Waals surface area contributed by atoms with Crippen molar-refractivity contribution < 1.29 is 19.6 Å². The van der Waals surface area contributed by atoms with Gasteiger partial charge in [-0.3, -0.25) is 14.9 Å². The minimum atomic E-state index is -1.10. The Balaban J connectivity index is 3.38. The molecule has 0 amide bonds. The Morgan fingerprint density at radius 2 is 2.25 bits per heavy atom. The molecule has 0 fully saturated rings. The van der Waals surface area contributed by atoms with Crippen molar-refractivity contribution in [1.82, 2.24) is 9.97 Å². The molecule has 1 N–H and O–H groups in total. The molecule has 1 aromatic heterocycles. The third-order valence-electron chi connectivity index (χ3n) is 2.85. The maximum absolute atomic E-state index is 11.2. The number of hydrogen-bond donors (Lipinski definition) is 1. The van der Waals surface area contributed by atoms with Crippen LogP contribution in [0.3, 0.4) is 0 Å². The van der Waals surface area contributed by atoms with Gasteiger partial charge in [-0.15, -0.1) is 0 Å². The van der Waals surface area contributed by atoms with Crippen LogP contribution in [0.5, 0.6) is 5.88 Å². The van der Waals surface area contributed by atoms with Crippen molar-refractivity contribution >= 4 is 17.5 Å². The van der Waals surface area contributed by atoms with Crippen molar-refractivity contribution in [3.8, 4) is 5.88 Å². The molecule has 0 radical (unpaired) electrons. The largest absolute Gasteiger partial charge is 0.480 e. The number of aliphatic carboxylic acids is 1. The first-order valence-electron chi connectivity index (χ1n) is 5.94. The number of ether oxygens (including phenoxy) is 1. The van der Waals surface area contributed by atoms with Crippen LogP contribution in [0.1, 0.15) is 20.3 Å². The number of nitrogens with zero attached hydrogens (tertiary/aromatic N) is 4. The summed E-state index contributed by atoms with van der Waals surface area (Å²) in [6, 6.07) is -0.232. The van der Waals surface area contributed by atoms with Crippen LogP contribution in [0.2, 0.25) is 0 Å². The molecular formula is C11H16N4O5. The van der Waals surface area contributed by atoms with Crippen LogP contribution in [0.25, 0.3) is 0 Å². The first-order valence-corrected chi connectivity index (χ1v) is 5.94. The van der Waals surface area contributed by atoms with Crippen molar-refractivity contribution in [2.75, 3.05) is 18.6 Å². The SMILES string of the molecule is CCC(C)N(CC(=O)O)c1ncnc(OC)c1[N+](=O)[O-]. The number of carboxylic acid groups (broad SMARTS) is 1. The molecule has 9 nitrogen and oxygen atoms in total. The van der Waals surface area contributed by atoms with Crippen molar-refractivity contribution in [2.45, 2.75) is 26.3 Å². The Hall–Kier alpha value is -2.45. The second kappa shape index (κ2) is 6.64. The van der Waals surface area contributed by atoms with Crippen LogP contribution in [-0.2, 0) is 4.79 Å². The predicted molar refractivity (Wildman–Crippen MR) is 70.0 cm³/mol. The van der Waals surface area contributed by atoms with E-state index in [2.05, 4.69) is 9.97 Å². The van der Waals surface area contributed by atoms with Gasteiger partial charge in [0.25, 0.3) is 5.88 Å². The van der Waals surface area contributed by atoms with Gasteiger partial charge in [0, 0.05) is 6.04 Å². The highest BCUT2D eigenvalue weighted by Gasteiger charge is 2.30. The molecule has 1 atom stereocenters. The van der Waals surface area contributed by atoms with Gasteiger partial charge in [-0.05, 0) is 13.3 Å². The van der Waals surface area contributed by atoms with E-state index in [9.17, 15) is 14.9 Å². The Kier molecular flexibility index (Phi) is 5.18. The topological polar surface area (TPSA) is 119 Å². The lowest BCUT2D eigenvalue weighted by molar-refractivity contribution is -0.385. The Labute approximate surface area is 115 Å². The number of anilines is 1. The zero-order valence-corrected chi connectivity index (χ0v) is 11.4. The Bertz CT molecular complexity index is 508. The summed E-state index contributed by atoms with van der Waals surface area (Å²) in [4.78, 5) is 30.3. The molecule has 110 valence electrons. The third kappa shape index (κ3) is 3.31. The lowest BCUT2D eigenvalue weighted by atomic mass is 10.2. The van der Waals surface area contributed by atoms with Crippen LogP contribution in [0.15, 0.2) is 6.33 Å². The van der Waals surface area contributed by atoms with Gasteiger partial charge < -0.3 is 14.7 Å². The predicted octanol–water partition coefficient (Wildman–Crippen LogP) is 1.08. The maximum atomic E-state index is 11.2. The van der Waals surface area contributed by atoms with Gasteiger partial charge in [0.1, 0.15) is 12.9 Å². The van der Waals surface area contributed by atoms with E-state index in [0.29, 0.717) is 6.42 Å². The van der Waals surface area contributed by atoms with E-state index >= 15 is 0 Å². The van der Waals surface area contributed by atoms with Crippen molar-refractivity contribution in [3.05, 3.63) is 16.4 Å². The monoisotopic (exact) mass is 284 g/mol. The zero-order chi connectivity index (χ0) is 15.3. The molecule has 0 aliphatic carbocycles. The first kappa shape index (κ1) is 15.6. The van der Waals surface area contributed by atoms with Gasteiger partial charge in [-0.1, -0.05) is 6.92 Å². The van der Waals surface area contributed by atoms with Gasteiger partial charge in [0.2, 0.25) is 5.82 Å². The van der Waals surface area contributed by atoms with Crippen LogP contribution < -0.4 is 9.64 Å². The molecule has 1 unspecified atom stereocenters. The summed E-state index contributed by atoms with van der Waals surface area (Å²) in [5.74, 6) is -1.35. The quantitative estimate of drug-likeness (QED) is 0.583. The fraction of sp³-hybridized carbons (Fsp3) is 0.545. The van der Waals surface area contributed by atoms with Crippen LogP contribution in [-0.4, -0.2) is 45.7 Å². The summed E-state index contributed by atoms with van der Waals surface area (Å²) >= 11 is 0. The molecule has 20 heavy (non-hydrogen) atoms. The van der Waals surface area contributed by atoms with E-state index in [1.807, 2.05) is 6.92 Å². The number of aromatic nitrogens is 2. The average Bonchev–Trinajstić information content (AvgIpc) is 2.42. The van der Waals surface area contributed by atoms with Crippen LogP contribution in [0.4, 0.5) is 11.5 Å². The van der Waals surface area contributed by atoms with Gasteiger partial charge in [0.15, 0.2) is 0 Å². The number of methoxy groups -OCH3 is 1. The fourth-order valence-electron chi connectivity index (χ4n) is 1.68. The molecule has 0 aliphatic heterocycles. The number of hydrogen-bond acceptors (Lipinski definition) is 7. The van der Waals surface area contributed by atoms with Gasteiger partial charge in [0.05, 0.1) is 12.0 Å². The highest BCUT2D eigenvalue weighted by atomic mass is 16.6. The second-order valence-corrected chi connectivity index (χ2v) is 4.09. The Morgan fingerprint density at radius 1 is 1.60 bits per heavy atom. The van der Waals surface area contributed by atoms with Gasteiger partial charge in [-0.25, -0.2) is 4.98 Å². The van der Waals surface area contributed by atoms with E-state index in [1.165, 1.54) is 12.0 Å². The molecule has 0 aromatic carbocycles. The lowest BCUT2D eigenvalue weighted by Crippen LogP contribution is -2.38. The van der Waals surface area contributed by atoms with Gasteiger partial charge >= 0.3 is 11.7 Å². The van der Waals surface area contributed by atoms with Crippen molar-refractivity contribution in [3.63, 3.8) is 0 Å². The summed E-state index contributed by atoms with van der Waals surface area (Å²) in [6.45, 7) is 3.22. The first-order chi connectivity index (χ1) is 9.42. The van der Waals surface area contributed by atoms with Crippen LogP contribution in [0, 0.1) is 10.1 Å². The summed E-state index contributed by atoms with van der Waals surface area (Å²) in [5.41, 5.74) is -0.434. The van der Waals surface area contributed by atoms with Crippen molar-refractivity contribution in [2.24, 2.45) is 0 Å². The maximum Gasteiger partial charge on any atom is 0.372 e. The van der Waals surface area contributed by atoms with E-state index in [4.69, 9.17) is 9.84 Å². The molecule has 1 rings (SSSR count). The number of carbonyl (C=O) groups is 1. The summed E-state index contributed by atoms with van der Waals surface area (Å²) in [7, 11) is 1.25. The fourth-order valence-corrected chi connectivity index (χ4v) is 1.68. The summed E-state index contributed by atoms with van der Waals surface area (Å²) in [6.07, 6.45) is 1.72. The second-order valence-electron chi connectivity index (χ2n) is 4.09. The summed E-state index contributed by atoms with van der Waals surface area (Å²) < 4.78 is 4.85. The zero-order valence-electron chi connectivity index (χ0n) is 11.4. The molecule has 0 saturated carbocycles. The standard InChI is InChI=1S/C11H16N4O5/c1-4-7(2)14(5-8(16)17)10-9(15(18)19)11(20-3)13-6-12-10/h6-7H,4-5H2,1-3H3,(H,16,17). The molecule has 0 spiro atoms. The molecule has 1 aromatic rings. The molecule has 0 aliphatic rings. The number of nitro groups is 1. The minimum absolute atomic E-state index is 0.0569. The molecule has 9 heteroatoms. The third-order valence-corrected chi connectivity index (χ3v) is 2.85. The van der Waals surface area contributed by atoms with Crippen LogP contribution >= 0.6 is 0 Å². The summed E-state index contributed by atoms with van der Waals surface area (Å²) in [5, 5.41) is 20.1.